The number of nitrogens with one attached hydrogen (secondary N) is 1. The van der Waals surface area contributed by atoms with Gasteiger partial charge in [0, 0.05) is 20.8 Å². The second kappa shape index (κ2) is 11.9. The molecule has 0 aromatic carbocycles. The van der Waals surface area contributed by atoms with E-state index < -0.39 is 80.6 Å². The zero-order valence-electron chi connectivity index (χ0n) is 22.0. The van der Waals surface area contributed by atoms with Crippen LogP contribution in [0.1, 0.15) is 48.5 Å². The molecule has 0 unspecified atom stereocenters. The molecule has 0 saturated carbocycles. The molecule has 1 amide bonds. The summed E-state index contributed by atoms with van der Waals surface area (Å²) < 4.78 is 67.3. The molecule has 0 aromatic heterocycles. The zero-order valence-corrected chi connectivity index (χ0v) is 23.0. The minimum absolute atomic E-state index is 0.0980. The van der Waals surface area contributed by atoms with Crippen molar-refractivity contribution in [2.75, 3.05) is 6.61 Å². The van der Waals surface area contributed by atoms with Gasteiger partial charge in [-0.3, -0.25) is 19.2 Å². The van der Waals surface area contributed by atoms with Crippen LogP contribution in [0.15, 0.2) is 0 Å². The lowest BCUT2D eigenvalue weighted by Crippen LogP contribution is -2.69. The molecule has 208 valence electrons. The first-order valence-electron chi connectivity index (χ1n) is 11.4. The topological polar surface area (TPSA) is 126 Å². The van der Waals surface area contributed by atoms with E-state index in [9.17, 15) is 32.3 Å². The second-order valence-corrected chi connectivity index (χ2v) is 14.5. The number of rotatable bonds is 9. The van der Waals surface area contributed by atoms with Gasteiger partial charge in [-0.1, -0.05) is 27.7 Å². The third-order valence-corrected chi connectivity index (χ3v) is 11.2. The third-order valence-electron chi connectivity index (χ3n) is 6.66. The maximum Gasteiger partial charge on any atom is 0.471 e. The van der Waals surface area contributed by atoms with Crippen molar-refractivity contribution >= 4 is 32.1 Å². The molecule has 5 atom stereocenters. The van der Waals surface area contributed by atoms with Crippen molar-refractivity contribution < 1.29 is 55.7 Å². The van der Waals surface area contributed by atoms with E-state index in [2.05, 4.69) is 0 Å². The van der Waals surface area contributed by atoms with E-state index in [1.54, 1.807) is 5.32 Å². The highest BCUT2D eigenvalue weighted by atomic mass is 28.4. The molecule has 0 aromatic rings. The lowest BCUT2D eigenvalue weighted by atomic mass is 9.96. The average molecular weight is 544 g/mol. The van der Waals surface area contributed by atoms with Crippen molar-refractivity contribution in [1.29, 1.82) is 0 Å². The maximum atomic E-state index is 13.2. The normalized spacial score (nSPS) is 25.2. The van der Waals surface area contributed by atoms with Crippen LogP contribution in [0.3, 0.4) is 0 Å². The van der Waals surface area contributed by atoms with E-state index >= 15 is 0 Å². The molecule has 0 radical (unpaired) electrons. The Balaban J connectivity index is 3.63. The van der Waals surface area contributed by atoms with Crippen molar-refractivity contribution in [3.8, 4) is 0 Å². The SMILES string of the molecule is CC(=O)OC[C@H]1O[C@@H](O[Si](C)(C)C(C)(C)C(C)C)[C@H](NC(=O)C(F)(F)F)[C@@H](OC(C)=O)[C@H]1OC(C)=O. The van der Waals surface area contributed by atoms with Crippen LogP contribution in [0.25, 0.3) is 0 Å². The number of carbonyl (C=O) groups is 4. The highest BCUT2D eigenvalue weighted by Gasteiger charge is 2.56. The van der Waals surface area contributed by atoms with Gasteiger partial charge in [-0.15, -0.1) is 0 Å². The summed E-state index contributed by atoms with van der Waals surface area (Å²) in [5.41, 5.74) is 0. The summed E-state index contributed by atoms with van der Waals surface area (Å²) in [4.78, 5) is 47.1. The molecule has 1 rings (SSSR count). The summed E-state index contributed by atoms with van der Waals surface area (Å²) in [5, 5.41) is 1.36. The summed E-state index contributed by atoms with van der Waals surface area (Å²) in [7, 11) is -2.83. The number of amides is 1. The maximum absolute atomic E-state index is 13.2. The van der Waals surface area contributed by atoms with Gasteiger partial charge in [-0.25, -0.2) is 0 Å². The Labute approximate surface area is 209 Å². The molecule has 1 fully saturated rings. The number of carbonyl (C=O) groups excluding carboxylic acids is 4. The number of hydrogen-bond donors (Lipinski definition) is 1. The monoisotopic (exact) mass is 543 g/mol. The van der Waals surface area contributed by atoms with Gasteiger partial charge in [0.1, 0.15) is 18.8 Å². The van der Waals surface area contributed by atoms with Gasteiger partial charge >= 0.3 is 30.0 Å². The number of hydrogen-bond acceptors (Lipinski definition) is 9. The molecule has 1 aliphatic heterocycles. The van der Waals surface area contributed by atoms with E-state index in [1.807, 2.05) is 40.8 Å². The van der Waals surface area contributed by atoms with Gasteiger partial charge in [0.25, 0.3) is 0 Å². The largest absolute Gasteiger partial charge is 0.471 e. The van der Waals surface area contributed by atoms with Crippen molar-refractivity contribution in [3.05, 3.63) is 0 Å². The van der Waals surface area contributed by atoms with Crippen molar-refractivity contribution in [1.82, 2.24) is 5.32 Å². The molecule has 0 aliphatic carbocycles. The van der Waals surface area contributed by atoms with Gasteiger partial charge in [-0.05, 0) is 24.1 Å². The highest BCUT2D eigenvalue weighted by Crippen LogP contribution is 2.46. The predicted octanol–water partition coefficient (Wildman–Crippen LogP) is 2.84. The summed E-state index contributed by atoms with van der Waals surface area (Å²) >= 11 is 0. The lowest BCUT2D eigenvalue weighted by molar-refractivity contribution is -0.261. The van der Waals surface area contributed by atoms with Crippen molar-refractivity contribution in [2.24, 2.45) is 5.92 Å². The standard InChI is InChI=1S/C22H36F3NO9Si/c1-11(2)21(6,7)36(8,9)35-19-16(26-20(30)22(23,24)25)18(33-14(5)29)17(32-13(4)28)15(34-19)10-31-12(3)27/h11,15-19H,10H2,1-9H3,(H,26,30)/t15-,16-,17+,18-,19+/m1/s1. The fraction of sp³-hybridized carbons (Fsp3) is 0.818. The first-order chi connectivity index (χ1) is 16.2. The van der Waals surface area contributed by atoms with E-state index in [-0.39, 0.29) is 5.92 Å². The molecular formula is C22H36F3NO9Si. The molecule has 14 heteroatoms. The van der Waals surface area contributed by atoms with Gasteiger partial charge < -0.3 is 28.7 Å². The number of esters is 3. The summed E-state index contributed by atoms with van der Waals surface area (Å²) in [5.74, 6) is -4.73. The zero-order chi connectivity index (χ0) is 28.2. The van der Waals surface area contributed by atoms with Crippen LogP contribution >= 0.6 is 0 Å². The minimum Gasteiger partial charge on any atom is -0.463 e. The Hall–Kier alpha value is -2.19. The van der Waals surface area contributed by atoms with Crippen LogP contribution in [0.5, 0.6) is 0 Å². The molecule has 1 saturated heterocycles. The molecule has 1 heterocycles. The fourth-order valence-corrected chi connectivity index (χ4v) is 6.00. The number of ether oxygens (including phenoxy) is 4. The van der Waals surface area contributed by atoms with E-state index in [1.165, 1.54) is 0 Å². The number of halogens is 3. The van der Waals surface area contributed by atoms with Crippen LogP contribution in [0.2, 0.25) is 18.1 Å². The van der Waals surface area contributed by atoms with Gasteiger partial charge in [0.15, 0.2) is 26.8 Å². The molecular weight excluding hydrogens is 507 g/mol. The molecule has 1 N–H and O–H groups in total. The lowest BCUT2D eigenvalue weighted by Gasteiger charge is -2.50. The van der Waals surface area contributed by atoms with Crippen LogP contribution in [-0.4, -0.2) is 75.6 Å². The van der Waals surface area contributed by atoms with Gasteiger partial charge in [0.05, 0.1) is 0 Å². The van der Waals surface area contributed by atoms with Crippen LogP contribution in [0, 0.1) is 5.92 Å². The fourth-order valence-electron chi connectivity index (χ4n) is 3.53. The van der Waals surface area contributed by atoms with E-state index in [4.69, 9.17) is 23.4 Å². The smallest absolute Gasteiger partial charge is 0.463 e. The van der Waals surface area contributed by atoms with Gasteiger partial charge in [0.2, 0.25) is 0 Å². The summed E-state index contributed by atoms with van der Waals surface area (Å²) in [6, 6.07) is -1.71. The Morgan fingerprint density at radius 3 is 1.86 bits per heavy atom. The molecule has 36 heavy (non-hydrogen) atoms. The Morgan fingerprint density at radius 1 is 0.944 bits per heavy atom. The quantitative estimate of drug-likeness (QED) is 0.265. The molecule has 1 aliphatic rings. The van der Waals surface area contributed by atoms with Crippen LogP contribution in [-0.2, 0) is 42.6 Å². The molecule has 0 spiro atoms. The first kappa shape index (κ1) is 31.8. The highest BCUT2D eigenvalue weighted by molar-refractivity contribution is 6.74. The summed E-state index contributed by atoms with van der Waals surface area (Å²) in [6.07, 6.45) is -11.3. The van der Waals surface area contributed by atoms with Crippen molar-refractivity contribution in [2.45, 2.75) is 103 Å². The number of alkyl halides is 3. The Morgan fingerprint density at radius 2 is 1.44 bits per heavy atom. The average Bonchev–Trinajstić information content (AvgIpc) is 2.68. The van der Waals surface area contributed by atoms with Crippen LogP contribution < -0.4 is 5.32 Å². The van der Waals surface area contributed by atoms with E-state index in [0.717, 1.165) is 20.8 Å². The minimum atomic E-state index is -5.28. The third kappa shape index (κ3) is 8.16. The second-order valence-electron chi connectivity index (χ2n) is 10.00. The first-order valence-corrected chi connectivity index (χ1v) is 14.3. The van der Waals surface area contributed by atoms with E-state index in [0.29, 0.717) is 0 Å². The Bertz CT molecular complexity index is 832. The van der Waals surface area contributed by atoms with Crippen LogP contribution in [0.4, 0.5) is 13.2 Å². The predicted molar refractivity (Wildman–Crippen MR) is 122 cm³/mol. The van der Waals surface area contributed by atoms with Gasteiger partial charge in [-0.2, -0.15) is 13.2 Å². The summed E-state index contributed by atoms with van der Waals surface area (Å²) in [6.45, 7) is 14.1. The molecule has 10 nitrogen and oxygen atoms in total. The molecule has 0 bridgehead atoms. The Kier molecular flexibility index (Phi) is 10.5. The van der Waals surface area contributed by atoms with Crippen molar-refractivity contribution in [3.63, 3.8) is 0 Å².